The lowest BCUT2D eigenvalue weighted by Gasteiger charge is -2.25. The van der Waals surface area contributed by atoms with Crippen LogP contribution in [0.5, 0.6) is 0 Å². The van der Waals surface area contributed by atoms with E-state index in [9.17, 15) is 9.59 Å². The number of nitrogens with one attached hydrogen (secondary N) is 1. The van der Waals surface area contributed by atoms with Crippen LogP contribution in [0.2, 0.25) is 0 Å². The molecule has 0 aliphatic carbocycles. The largest absolute Gasteiger partial charge is 0.444 e. The van der Waals surface area contributed by atoms with Gasteiger partial charge in [0.15, 0.2) is 0 Å². The van der Waals surface area contributed by atoms with Crippen molar-refractivity contribution in [1.82, 2.24) is 5.32 Å². The average molecular weight is 222 g/mol. The molecule has 0 saturated heterocycles. The molecule has 0 saturated carbocycles. The van der Waals surface area contributed by atoms with Gasteiger partial charge >= 0.3 is 6.09 Å². The zero-order valence-electron chi connectivity index (χ0n) is 9.10. The summed E-state index contributed by atoms with van der Waals surface area (Å²) in [4.78, 5) is 22.1. The molecule has 0 bridgehead atoms. The summed E-state index contributed by atoms with van der Waals surface area (Å²) in [6.45, 7) is 8.23. The lowest BCUT2D eigenvalue weighted by Crippen LogP contribution is -2.49. The van der Waals surface area contributed by atoms with Crippen molar-refractivity contribution < 1.29 is 14.3 Å². The Morgan fingerprint density at radius 2 is 1.57 bits per heavy atom. The van der Waals surface area contributed by atoms with Gasteiger partial charge < -0.3 is 10.1 Å². The number of hydrogen-bond donors (Lipinski definition) is 1. The van der Waals surface area contributed by atoms with E-state index in [1.807, 2.05) is 0 Å². The van der Waals surface area contributed by atoms with E-state index in [0.29, 0.717) is 0 Å². The van der Waals surface area contributed by atoms with E-state index in [1.165, 1.54) is 13.8 Å². The van der Waals surface area contributed by atoms with Crippen molar-refractivity contribution in [2.24, 2.45) is 0 Å². The molecule has 0 atom stereocenters. The molecule has 1 amide bonds. The summed E-state index contributed by atoms with van der Waals surface area (Å²) in [5.41, 5.74) is -1.70. The van der Waals surface area contributed by atoms with Crippen LogP contribution < -0.4 is 5.32 Å². The van der Waals surface area contributed by atoms with Gasteiger partial charge in [-0.05, 0) is 46.2 Å². The minimum absolute atomic E-state index is 0.588. The van der Waals surface area contributed by atoms with Crippen molar-refractivity contribution >= 4 is 22.9 Å². The molecular formula is C9H16ClNO3. The fraction of sp³-hybridized carbons (Fsp3) is 0.778. The predicted molar refractivity (Wildman–Crippen MR) is 54.3 cm³/mol. The highest BCUT2D eigenvalue weighted by molar-refractivity contribution is 6.65. The molecule has 14 heavy (non-hydrogen) atoms. The summed E-state index contributed by atoms with van der Waals surface area (Å²) < 4.78 is 4.96. The number of halogens is 1. The molecule has 0 spiro atoms. The standard InChI is InChI=1S/C9H16ClNO3/c1-8(2,3)14-7(13)11-9(4,5)6(10)12/h1-5H3,(H,11,13). The number of hydrogen-bond acceptors (Lipinski definition) is 3. The number of ether oxygens (including phenoxy) is 1. The van der Waals surface area contributed by atoms with Crippen molar-refractivity contribution in [3.63, 3.8) is 0 Å². The maximum absolute atomic E-state index is 11.2. The maximum atomic E-state index is 11.2. The summed E-state index contributed by atoms with van der Waals surface area (Å²) in [5.74, 6) is 0. The number of amides is 1. The Hall–Kier alpha value is -0.770. The molecule has 0 aromatic rings. The molecule has 0 heterocycles. The quantitative estimate of drug-likeness (QED) is 0.727. The zero-order valence-corrected chi connectivity index (χ0v) is 9.86. The Morgan fingerprint density at radius 3 is 1.86 bits per heavy atom. The Kier molecular flexibility index (Phi) is 3.94. The van der Waals surface area contributed by atoms with E-state index in [1.54, 1.807) is 20.8 Å². The van der Waals surface area contributed by atoms with Crippen molar-refractivity contribution in [1.29, 1.82) is 0 Å². The molecule has 5 heteroatoms. The first-order valence-electron chi connectivity index (χ1n) is 4.26. The molecular weight excluding hydrogens is 206 g/mol. The lowest BCUT2D eigenvalue weighted by atomic mass is 10.1. The van der Waals surface area contributed by atoms with Gasteiger partial charge in [0.25, 0.3) is 0 Å². The molecule has 0 aliphatic rings. The molecule has 0 radical (unpaired) electrons. The molecule has 0 unspecified atom stereocenters. The number of carbonyl (C=O) groups is 2. The Bertz CT molecular complexity index is 243. The van der Waals surface area contributed by atoms with Gasteiger partial charge in [0.1, 0.15) is 11.1 Å². The van der Waals surface area contributed by atoms with Crippen LogP contribution in [-0.2, 0) is 9.53 Å². The first-order valence-corrected chi connectivity index (χ1v) is 4.63. The lowest BCUT2D eigenvalue weighted by molar-refractivity contribution is -0.116. The van der Waals surface area contributed by atoms with Gasteiger partial charge in [-0.15, -0.1) is 0 Å². The third kappa shape index (κ3) is 5.07. The van der Waals surface area contributed by atoms with Crippen LogP contribution in [0.15, 0.2) is 0 Å². The highest BCUT2D eigenvalue weighted by atomic mass is 35.5. The summed E-state index contributed by atoms with van der Waals surface area (Å²) >= 11 is 5.28. The molecule has 0 fully saturated rings. The highest BCUT2D eigenvalue weighted by Gasteiger charge is 2.29. The Labute approximate surface area is 88.9 Å². The van der Waals surface area contributed by atoms with E-state index < -0.39 is 22.5 Å². The van der Waals surface area contributed by atoms with Gasteiger partial charge in [-0.1, -0.05) is 0 Å². The normalized spacial score (nSPS) is 12.1. The third-order valence-electron chi connectivity index (χ3n) is 1.30. The SMILES string of the molecule is CC(C)(C)OC(=O)NC(C)(C)C(=O)Cl. The summed E-state index contributed by atoms with van der Waals surface area (Å²) in [7, 11) is 0. The molecule has 0 aliphatic heterocycles. The molecule has 0 aromatic carbocycles. The van der Waals surface area contributed by atoms with Gasteiger partial charge in [-0.3, -0.25) is 4.79 Å². The maximum Gasteiger partial charge on any atom is 0.408 e. The van der Waals surface area contributed by atoms with E-state index in [0.717, 1.165) is 0 Å². The number of carbonyl (C=O) groups excluding carboxylic acids is 2. The van der Waals surface area contributed by atoms with Gasteiger partial charge in [0.2, 0.25) is 5.24 Å². The number of rotatable bonds is 2. The van der Waals surface area contributed by atoms with Crippen LogP contribution in [0.25, 0.3) is 0 Å². The van der Waals surface area contributed by atoms with Gasteiger partial charge in [-0.2, -0.15) is 0 Å². The molecule has 82 valence electrons. The second kappa shape index (κ2) is 4.17. The van der Waals surface area contributed by atoms with Crippen molar-refractivity contribution in [3.8, 4) is 0 Å². The Morgan fingerprint density at radius 1 is 1.14 bits per heavy atom. The summed E-state index contributed by atoms with van der Waals surface area (Å²) in [5, 5.41) is 1.73. The second-order valence-electron chi connectivity index (χ2n) is 4.53. The van der Waals surface area contributed by atoms with Crippen LogP contribution >= 0.6 is 11.6 Å². The second-order valence-corrected chi connectivity index (χ2v) is 4.87. The van der Waals surface area contributed by atoms with Crippen molar-refractivity contribution in [3.05, 3.63) is 0 Å². The molecule has 0 rings (SSSR count). The molecule has 0 aromatic heterocycles. The first kappa shape index (κ1) is 13.2. The predicted octanol–water partition coefficient (Wildman–Crippen LogP) is 2.06. The van der Waals surface area contributed by atoms with Crippen LogP contribution in [0.1, 0.15) is 34.6 Å². The van der Waals surface area contributed by atoms with Gasteiger partial charge in [0.05, 0.1) is 0 Å². The van der Waals surface area contributed by atoms with E-state index in [2.05, 4.69) is 5.32 Å². The van der Waals surface area contributed by atoms with Crippen molar-refractivity contribution in [2.45, 2.75) is 45.8 Å². The highest BCUT2D eigenvalue weighted by Crippen LogP contribution is 2.11. The first-order chi connectivity index (χ1) is 6.04. The minimum Gasteiger partial charge on any atom is -0.444 e. The minimum atomic E-state index is -1.11. The molecule has 1 N–H and O–H groups in total. The fourth-order valence-corrected chi connectivity index (χ4v) is 0.655. The third-order valence-corrected chi connectivity index (χ3v) is 1.78. The smallest absolute Gasteiger partial charge is 0.408 e. The zero-order chi connectivity index (χ0) is 11.6. The van der Waals surface area contributed by atoms with E-state index in [-0.39, 0.29) is 0 Å². The van der Waals surface area contributed by atoms with E-state index >= 15 is 0 Å². The average Bonchev–Trinajstić information content (AvgIpc) is 1.79. The fourth-order valence-electron chi connectivity index (χ4n) is 0.608. The van der Waals surface area contributed by atoms with Gasteiger partial charge in [-0.25, -0.2) is 4.79 Å². The van der Waals surface area contributed by atoms with Crippen LogP contribution in [-0.4, -0.2) is 22.5 Å². The Balaban J connectivity index is 4.27. The van der Waals surface area contributed by atoms with Crippen LogP contribution in [0.3, 0.4) is 0 Å². The topological polar surface area (TPSA) is 55.4 Å². The van der Waals surface area contributed by atoms with Gasteiger partial charge in [0, 0.05) is 0 Å². The molecule has 4 nitrogen and oxygen atoms in total. The summed E-state index contributed by atoms with van der Waals surface area (Å²) in [6.07, 6.45) is -0.656. The van der Waals surface area contributed by atoms with Crippen molar-refractivity contribution in [2.75, 3.05) is 0 Å². The van der Waals surface area contributed by atoms with Crippen LogP contribution in [0.4, 0.5) is 4.79 Å². The number of alkyl carbamates (subject to hydrolysis) is 1. The van der Waals surface area contributed by atoms with E-state index in [4.69, 9.17) is 16.3 Å². The summed E-state index contributed by atoms with van der Waals surface area (Å²) in [6, 6.07) is 0. The van der Waals surface area contributed by atoms with Crippen LogP contribution in [0, 0.1) is 0 Å². The monoisotopic (exact) mass is 221 g/mol.